The Kier molecular flexibility index (Phi) is 6.83. The van der Waals surface area contributed by atoms with E-state index in [1.54, 1.807) is 27.7 Å². The summed E-state index contributed by atoms with van der Waals surface area (Å²) in [5.41, 5.74) is 1.87. The molecule has 0 spiro atoms. The molecular weight excluding hydrogens is 354 g/mol. The Bertz CT molecular complexity index is 765. The monoisotopic (exact) mass is 385 g/mol. The molecule has 0 amide bonds. The Morgan fingerprint density at radius 1 is 1.32 bits per heavy atom. The molecule has 3 atom stereocenters. The number of allylic oxidation sites excluding steroid dienone is 1. The first-order valence-corrected chi connectivity index (χ1v) is 9.67. The number of hydrogen-bond donors (Lipinski definition) is 1. The van der Waals surface area contributed by atoms with Crippen LogP contribution in [0.2, 0.25) is 0 Å². The van der Waals surface area contributed by atoms with Crippen molar-refractivity contribution in [3.63, 3.8) is 0 Å². The normalized spacial score (nSPS) is 24.9. The molecule has 0 aliphatic carbocycles. The van der Waals surface area contributed by atoms with Crippen LogP contribution in [0, 0.1) is 5.41 Å². The molecule has 5 heteroatoms. The van der Waals surface area contributed by atoms with E-state index in [4.69, 9.17) is 9.47 Å². The van der Waals surface area contributed by atoms with Crippen LogP contribution in [0.4, 0.5) is 5.69 Å². The van der Waals surface area contributed by atoms with Crippen molar-refractivity contribution < 1.29 is 19.1 Å². The number of nitrogens with one attached hydrogen (secondary N) is 1. The number of carbonyl (C=O) groups excluding carboxylic acids is 2. The Hall–Kier alpha value is -2.40. The lowest BCUT2D eigenvalue weighted by Gasteiger charge is -2.41. The Balaban J connectivity index is 2.18. The van der Waals surface area contributed by atoms with E-state index in [-0.39, 0.29) is 11.9 Å². The van der Waals surface area contributed by atoms with Gasteiger partial charge in [0.15, 0.2) is 11.2 Å². The SMILES string of the molecule is C=C(C)Nc1ccc(CCC2OC(C)C(=C)C(=O)C2(C)C(=O)OC(C)C)cc1. The Morgan fingerprint density at radius 2 is 1.93 bits per heavy atom. The molecule has 1 N–H and O–H groups in total. The van der Waals surface area contributed by atoms with Gasteiger partial charge in [0, 0.05) is 17.0 Å². The number of ketones is 1. The van der Waals surface area contributed by atoms with E-state index < -0.39 is 23.6 Å². The van der Waals surface area contributed by atoms with E-state index in [0.29, 0.717) is 18.4 Å². The van der Waals surface area contributed by atoms with Gasteiger partial charge >= 0.3 is 5.97 Å². The second-order valence-corrected chi connectivity index (χ2v) is 7.92. The van der Waals surface area contributed by atoms with Gasteiger partial charge in [-0.15, -0.1) is 0 Å². The minimum atomic E-state index is -1.38. The minimum Gasteiger partial charge on any atom is -0.462 e. The molecule has 1 saturated heterocycles. The fourth-order valence-corrected chi connectivity index (χ4v) is 3.35. The van der Waals surface area contributed by atoms with Crippen molar-refractivity contribution in [2.24, 2.45) is 5.41 Å². The van der Waals surface area contributed by atoms with Crippen LogP contribution in [0.3, 0.4) is 0 Å². The summed E-state index contributed by atoms with van der Waals surface area (Å²) in [7, 11) is 0. The van der Waals surface area contributed by atoms with Gasteiger partial charge in [-0.2, -0.15) is 0 Å². The molecule has 1 fully saturated rings. The summed E-state index contributed by atoms with van der Waals surface area (Å²) < 4.78 is 11.4. The first kappa shape index (κ1) is 21.9. The molecule has 3 unspecified atom stereocenters. The number of benzene rings is 1. The number of hydrogen-bond acceptors (Lipinski definition) is 5. The third kappa shape index (κ3) is 4.71. The first-order valence-electron chi connectivity index (χ1n) is 9.67. The smallest absolute Gasteiger partial charge is 0.322 e. The number of carbonyl (C=O) groups is 2. The van der Waals surface area contributed by atoms with Gasteiger partial charge in [-0.25, -0.2) is 0 Å². The lowest BCUT2D eigenvalue weighted by Crippen LogP contribution is -2.55. The van der Waals surface area contributed by atoms with Crippen molar-refractivity contribution in [1.29, 1.82) is 0 Å². The van der Waals surface area contributed by atoms with Gasteiger partial charge in [0.2, 0.25) is 0 Å². The predicted molar refractivity (Wildman–Crippen MR) is 111 cm³/mol. The van der Waals surface area contributed by atoms with Crippen molar-refractivity contribution in [3.8, 4) is 0 Å². The Morgan fingerprint density at radius 3 is 2.46 bits per heavy atom. The minimum absolute atomic E-state index is 0.289. The number of anilines is 1. The highest BCUT2D eigenvalue weighted by atomic mass is 16.6. The van der Waals surface area contributed by atoms with E-state index >= 15 is 0 Å². The highest BCUT2D eigenvalue weighted by Gasteiger charge is 2.54. The molecule has 0 saturated carbocycles. The average molecular weight is 386 g/mol. The second kappa shape index (κ2) is 8.74. The number of ether oxygens (including phenoxy) is 2. The van der Waals surface area contributed by atoms with E-state index in [9.17, 15) is 9.59 Å². The largest absolute Gasteiger partial charge is 0.462 e. The molecule has 1 aromatic rings. The average Bonchev–Trinajstić information content (AvgIpc) is 2.62. The summed E-state index contributed by atoms with van der Waals surface area (Å²) in [5, 5.41) is 3.17. The van der Waals surface area contributed by atoms with Crippen LogP contribution in [0.15, 0.2) is 48.7 Å². The van der Waals surface area contributed by atoms with Crippen LogP contribution in [0.5, 0.6) is 0 Å². The maximum Gasteiger partial charge on any atom is 0.322 e. The summed E-state index contributed by atoms with van der Waals surface area (Å²) in [6.07, 6.45) is -0.0895. The van der Waals surface area contributed by atoms with E-state index in [1.165, 1.54) is 0 Å². The third-order valence-electron chi connectivity index (χ3n) is 5.04. The van der Waals surface area contributed by atoms with Crippen molar-refractivity contribution >= 4 is 17.4 Å². The maximum absolute atomic E-state index is 13.0. The van der Waals surface area contributed by atoms with Gasteiger partial charge in [-0.1, -0.05) is 25.3 Å². The van der Waals surface area contributed by atoms with Crippen LogP contribution in [-0.4, -0.2) is 30.1 Å². The molecule has 0 bridgehead atoms. The van der Waals surface area contributed by atoms with Crippen LogP contribution in [-0.2, 0) is 25.5 Å². The van der Waals surface area contributed by atoms with Gasteiger partial charge in [0.05, 0.1) is 18.3 Å². The van der Waals surface area contributed by atoms with Crippen LogP contribution in [0.1, 0.15) is 46.6 Å². The summed E-state index contributed by atoms with van der Waals surface area (Å²) >= 11 is 0. The molecule has 1 heterocycles. The van der Waals surface area contributed by atoms with Crippen LogP contribution < -0.4 is 5.32 Å². The molecule has 0 radical (unpaired) electrons. The topological polar surface area (TPSA) is 64.6 Å². The zero-order chi connectivity index (χ0) is 21.1. The predicted octanol–water partition coefficient (Wildman–Crippen LogP) is 4.44. The third-order valence-corrected chi connectivity index (χ3v) is 5.04. The highest BCUT2D eigenvalue weighted by molar-refractivity contribution is 6.13. The molecule has 0 aromatic heterocycles. The van der Waals surface area contributed by atoms with Gasteiger partial charge in [-0.05, 0) is 65.2 Å². The summed E-state index contributed by atoms with van der Waals surface area (Å²) in [4.78, 5) is 25.7. The molecule has 1 aliphatic rings. The number of rotatable bonds is 7. The molecule has 5 nitrogen and oxygen atoms in total. The quantitative estimate of drug-likeness (QED) is 0.427. The summed E-state index contributed by atoms with van der Waals surface area (Å²) in [5.74, 6) is -0.838. The lowest BCUT2D eigenvalue weighted by molar-refractivity contribution is -0.180. The molecule has 28 heavy (non-hydrogen) atoms. The number of esters is 1. The lowest BCUT2D eigenvalue weighted by atomic mass is 9.72. The van der Waals surface area contributed by atoms with Crippen molar-refractivity contribution in [1.82, 2.24) is 0 Å². The Labute approximate surface area is 167 Å². The van der Waals surface area contributed by atoms with Crippen molar-refractivity contribution in [3.05, 3.63) is 54.3 Å². The first-order chi connectivity index (χ1) is 13.1. The summed E-state index contributed by atoms with van der Waals surface area (Å²) in [6, 6.07) is 7.99. The van der Waals surface area contributed by atoms with E-state index in [1.807, 2.05) is 31.2 Å². The van der Waals surface area contributed by atoms with Gasteiger partial charge < -0.3 is 14.8 Å². The molecule has 1 aromatic carbocycles. The zero-order valence-corrected chi connectivity index (χ0v) is 17.5. The van der Waals surface area contributed by atoms with E-state index in [2.05, 4.69) is 18.5 Å². The fourth-order valence-electron chi connectivity index (χ4n) is 3.35. The molecular formula is C23H31NO4. The van der Waals surface area contributed by atoms with Gasteiger partial charge in [0.25, 0.3) is 0 Å². The molecule has 1 aliphatic heterocycles. The maximum atomic E-state index is 13.0. The van der Waals surface area contributed by atoms with E-state index in [0.717, 1.165) is 16.9 Å². The van der Waals surface area contributed by atoms with Gasteiger partial charge in [0.1, 0.15) is 0 Å². The highest BCUT2D eigenvalue weighted by Crippen LogP contribution is 2.39. The number of aryl methyl sites for hydroxylation is 1. The fraction of sp³-hybridized carbons (Fsp3) is 0.478. The summed E-state index contributed by atoms with van der Waals surface area (Å²) in [6.45, 7) is 16.5. The van der Waals surface area contributed by atoms with Crippen LogP contribution in [0.25, 0.3) is 0 Å². The van der Waals surface area contributed by atoms with Crippen LogP contribution >= 0.6 is 0 Å². The molecule has 152 valence electrons. The standard InChI is InChI=1S/C23H31NO4/c1-14(2)24-19-11-8-18(9-12-19)10-13-20-23(7,22(26)27-15(3)4)21(25)16(5)17(6)28-20/h8-9,11-12,15,17,20,24H,1,5,10,13H2,2-4,6-7H3. The zero-order valence-electron chi connectivity index (χ0n) is 17.5. The second-order valence-electron chi connectivity index (χ2n) is 7.92. The van der Waals surface area contributed by atoms with Crippen molar-refractivity contribution in [2.45, 2.75) is 65.8 Å². The number of Topliss-reactive ketones (excluding diaryl/α,β-unsaturated/α-hetero) is 1. The van der Waals surface area contributed by atoms with Crippen molar-refractivity contribution in [2.75, 3.05) is 5.32 Å². The van der Waals surface area contributed by atoms with Gasteiger partial charge in [-0.3, -0.25) is 9.59 Å². The molecule has 2 rings (SSSR count).